The second kappa shape index (κ2) is 6.21. The Labute approximate surface area is 140 Å². The Bertz CT molecular complexity index is 747. The molecule has 2 fully saturated rings. The van der Waals surface area contributed by atoms with Crippen molar-refractivity contribution in [2.45, 2.75) is 51.7 Å². The van der Waals surface area contributed by atoms with Crippen molar-refractivity contribution in [1.29, 1.82) is 0 Å². The van der Waals surface area contributed by atoms with Gasteiger partial charge < -0.3 is 0 Å². The van der Waals surface area contributed by atoms with Crippen LogP contribution in [0.1, 0.15) is 37.0 Å². The van der Waals surface area contributed by atoms with Gasteiger partial charge in [-0.25, -0.2) is 4.68 Å². The quantitative estimate of drug-likeness (QED) is 0.861. The first-order valence-corrected chi connectivity index (χ1v) is 9.41. The Hall–Kier alpha value is -1.46. The lowest BCUT2D eigenvalue weighted by atomic mass is 9.79. The number of rotatable bonds is 4. The summed E-state index contributed by atoms with van der Waals surface area (Å²) in [6, 6.07) is 8.35. The van der Waals surface area contributed by atoms with Crippen LogP contribution in [0.2, 0.25) is 0 Å². The van der Waals surface area contributed by atoms with Gasteiger partial charge in [-0.3, -0.25) is 9.69 Å². The third-order valence-corrected chi connectivity index (χ3v) is 6.31. The predicted molar refractivity (Wildman–Crippen MR) is 93.6 cm³/mol. The molecule has 4 rings (SSSR count). The zero-order valence-electron chi connectivity index (χ0n) is 13.6. The number of hydrogen-bond donors (Lipinski definition) is 0. The van der Waals surface area contributed by atoms with Crippen LogP contribution >= 0.6 is 11.3 Å². The first-order valence-electron chi connectivity index (χ1n) is 8.60. The van der Waals surface area contributed by atoms with Gasteiger partial charge in [0.15, 0.2) is 0 Å². The number of likely N-dealkylation sites (tertiary alicyclic amines) is 1. The van der Waals surface area contributed by atoms with Gasteiger partial charge in [-0.05, 0) is 56.7 Å². The molecule has 0 aromatic carbocycles. The maximum Gasteiger partial charge on any atom is 0.268 e. The van der Waals surface area contributed by atoms with Gasteiger partial charge in [-0.15, -0.1) is 11.3 Å². The van der Waals surface area contributed by atoms with Crippen molar-refractivity contribution in [2.24, 2.45) is 5.92 Å². The highest BCUT2D eigenvalue weighted by Crippen LogP contribution is 2.37. The van der Waals surface area contributed by atoms with Gasteiger partial charge in [0, 0.05) is 23.5 Å². The van der Waals surface area contributed by atoms with Crippen molar-refractivity contribution in [3.05, 3.63) is 39.5 Å². The van der Waals surface area contributed by atoms with Crippen LogP contribution in [-0.4, -0.2) is 27.3 Å². The van der Waals surface area contributed by atoms with Crippen LogP contribution in [-0.2, 0) is 6.67 Å². The Morgan fingerprint density at radius 1 is 1.17 bits per heavy atom. The van der Waals surface area contributed by atoms with E-state index in [-0.39, 0.29) is 5.56 Å². The molecule has 4 nitrogen and oxygen atoms in total. The molecule has 2 aromatic rings. The van der Waals surface area contributed by atoms with E-state index in [2.05, 4.69) is 29.1 Å². The van der Waals surface area contributed by atoms with Crippen molar-refractivity contribution >= 4 is 11.3 Å². The van der Waals surface area contributed by atoms with Gasteiger partial charge in [0.05, 0.1) is 11.5 Å². The van der Waals surface area contributed by atoms with Gasteiger partial charge in [0.2, 0.25) is 0 Å². The number of nitrogens with zero attached hydrogens (tertiary/aromatic N) is 3. The van der Waals surface area contributed by atoms with Gasteiger partial charge in [-0.1, -0.05) is 6.42 Å². The third kappa shape index (κ3) is 3.00. The van der Waals surface area contributed by atoms with Crippen molar-refractivity contribution in [3.8, 4) is 10.6 Å². The molecular weight excluding hydrogens is 306 g/mol. The summed E-state index contributed by atoms with van der Waals surface area (Å²) in [4.78, 5) is 17.1. The van der Waals surface area contributed by atoms with Gasteiger partial charge in [0.25, 0.3) is 5.56 Å². The molecule has 0 amide bonds. The minimum absolute atomic E-state index is 0.00119. The van der Waals surface area contributed by atoms with Crippen LogP contribution in [0.25, 0.3) is 10.6 Å². The fourth-order valence-electron chi connectivity index (χ4n) is 3.81. The molecule has 23 heavy (non-hydrogen) atoms. The summed E-state index contributed by atoms with van der Waals surface area (Å²) in [5, 5.41) is 4.63. The molecular formula is C18H23N3OS. The minimum atomic E-state index is 0.00119. The van der Waals surface area contributed by atoms with E-state index in [9.17, 15) is 4.79 Å². The molecule has 0 N–H and O–H groups in total. The SMILES string of the molecule is Cc1ccc(-c2ccc(=O)n(CN3CCC[C@H]3C3CCC3)n2)s1. The maximum atomic E-state index is 12.2. The zero-order valence-corrected chi connectivity index (χ0v) is 14.4. The molecule has 1 aliphatic carbocycles. The van der Waals surface area contributed by atoms with E-state index in [1.54, 1.807) is 22.1 Å². The van der Waals surface area contributed by atoms with Gasteiger partial charge in [-0.2, -0.15) is 5.10 Å². The van der Waals surface area contributed by atoms with Gasteiger partial charge >= 0.3 is 0 Å². The largest absolute Gasteiger partial charge is 0.281 e. The number of aromatic nitrogens is 2. The summed E-state index contributed by atoms with van der Waals surface area (Å²) >= 11 is 1.72. The lowest BCUT2D eigenvalue weighted by Gasteiger charge is -2.36. The van der Waals surface area contributed by atoms with Crippen molar-refractivity contribution in [1.82, 2.24) is 14.7 Å². The lowest BCUT2D eigenvalue weighted by Crippen LogP contribution is -2.42. The number of aryl methyl sites for hydroxylation is 1. The highest BCUT2D eigenvalue weighted by Gasteiger charge is 2.35. The third-order valence-electron chi connectivity index (χ3n) is 5.28. The molecule has 1 atom stereocenters. The smallest absolute Gasteiger partial charge is 0.268 e. The zero-order chi connectivity index (χ0) is 15.8. The van der Waals surface area contributed by atoms with Crippen molar-refractivity contribution < 1.29 is 0 Å². The summed E-state index contributed by atoms with van der Waals surface area (Å²) in [7, 11) is 0. The second-order valence-electron chi connectivity index (χ2n) is 6.82. The molecule has 5 heteroatoms. The van der Waals surface area contributed by atoms with Crippen LogP contribution in [0.15, 0.2) is 29.1 Å². The molecule has 1 aliphatic heterocycles. The monoisotopic (exact) mass is 329 g/mol. The van der Waals surface area contributed by atoms with Crippen LogP contribution in [0.4, 0.5) is 0 Å². The number of hydrogen-bond acceptors (Lipinski definition) is 4. The first-order chi connectivity index (χ1) is 11.2. The molecule has 0 bridgehead atoms. The van der Waals surface area contributed by atoms with Crippen molar-refractivity contribution in [2.75, 3.05) is 6.54 Å². The standard InChI is InChI=1S/C18H23N3OS/c1-13-7-9-17(23-13)15-8-10-18(22)21(19-15)12-20-11-3-6-16(20)14-4-2-5-14/h7-10,14,16H,2-6,11-12H2,1H3/t16-/m0/s1. The average Bonchev–Trinajstić information content (AvgIpc) is 3.10. The van der Waals surface area contributed by atoms with Gasteiger partial charge in [0.1, 0.15) is 5.69 Å². The van der Waals surface area contributed by atoms with E-state index < -0.39 is 0 Å². The molecule has 2 aromatic heterocycles. The van der Waals surface area contributed by atoms with Crippen molar-refractivity contribution in [3.63, 3.8) is 0 Å². The molecule has 1 saturated carbocycles. The fraction of sp³-hybridized carbons (Fsp3) is 0.556. The first kappa shape index (κ1) is 15.1. The Kier molecular flexibility index (Phi) is 4.07. The van der Waals surface area contributed by atoms with E-state index in [0.29, 0.717) is 12.7 Å². The Morgan fingerprint density at radius 3 is 2.74 bits per heavy atom. The maximum absolute atomic E-state index is 12.2. The topological polar surface area (TPSA) is 38.1 Å². The summed E-state index contributed by atoms with van der Waals surface area (Å²) in [5.74, 6) is 0.844. The molecule has 0 spiro atoms. The summed E-state index contributed by atoms with van der Waals surface area (Å²) < 4.78 is 1.65. The normalized spacial score (nSPS) is 22.4. The predicted octanol–water partition coefficient (Wildman–Crippen LogP) is 3.50. The average molecular weight is 329 g/mol. The number of thiophene rings is 1. The molecule has 0 unspecified atom stereocenters. The van der Waals surface area contributed by atoms with Crippen LogP contribution < -0.4 is 5.56 Å². The summed E-state index contributed by atoms with van der Waals surface area (Å²) in [5.41, 5.74) is 0.906. The Morgan fingerprint density at radius 2 is 2.04 bits per heavy atom. The van der Waals surface area contributed by atoms with Crippen LogP contribution in [0.3, 0.4) is 0 Å². The molecule has 2 aliphatic rings. The minimum Gasteiger partial charge on any atom is -0.281 e. The van der Waals surface area contributed by atoms with E-state index >= 15 is 0 Å². The molecule has 0 radical (unpaired) electrons. The lowest BCUT2D eigenvalue weighted by molar-refractivity contribution is 0.0990. The van der Waals surface area contributed by atoms with E-state index in [1.807, 2.05) is 6.07 Å². The van der Waals surface area contributed by atoms with Crippen LogP contribution in [0, 0.1) is 12.8 Å². The summed E-state index contributed by atoms with van der Waals surface area (Å²) in [6.07, 6.45) is 6.62. The molecule has 1 saturated heterocycles. The highest BCUT2D eigenvalue weighted by atomic mass is 32.1. The second-order valence-corrected chi connectivity index (χ2v) is 8.11. The van der Waals surface area contributed by atoms with E-state index in [4.69, 9.17) is 0 Å². The molecule has 122 valence electrons. The Balaban J connectivity index is 1.57. The highest BCUT2D eigenvalue weighted by molar-refractivity contribution is 7.15. The fourth-order valence-corrected chi connectivity index (χ4v) is 4.64. The van der Waals surface area contributed by atoms with E-state index in [1.165, 1.54) is 37.0 Å². The molecule has 3 heterocycles. The van der Waals surface area contributed by atoms with E-state index in [0.717, 1.165) is 23.0 Å². The van der Waals surface area contributed by atoms with Crippen LogP contribution in [0.5, 0.6) is 0 Å². The summed E-state index contributed by atoms with van der Waals surface area (Å²) in [6.45, 7) is 3.83.